The first-order chi connectivity index (χ1) is 19.1. The Morgan fingerprint density at radius 2 is 1.95 bits per heavy atom. The molecule has 0 bridgehead atoms. The Morgan fingerprint density at radius 3 is 2.70 bits per heavy atom. The lowest BCUT2D eigenvalue weighted by molar-refractivity contribution is -0.0550. The number of H-pyrrole nitrogens is 1. The van der Waals surface area contributed by atoms with Gasteiger partial charge in [0.25, 0.3) is 0 Å². The Bertz CT molecular complexity index is 1490. The molecular formula is C29H40N8O3. The summed E-state index contributed by atoms with van der Waals surface area (Å²) in [4.78, 5) is 23.2. The molecule has 0 amide bonds. The highest BCUT2D eigenvalue weighted by molar-refractivity contribution is 5.81. The number of aromatic nitrogens is 6. The largest absolute Gasteiger partial charge is 0.387 e. The second-order valence-corrected chi connectivity index (χ2v) is 12.4. The van der Waals surface area contributed by atoms with Crippen molar-refractivity contribution >= 4 is 28.0 Å². The Morgan fingerprint density at radius 1 is 1.15 bits per heavy atom. The first-order valence-electron chi connectivity index (χ1n) is 14.3. The number of aliphatic hydroxyl groups is 2. The third-order valence-electron chi connectivity index (χ3n) is 8.73. The van der Waals surface area contributed by atoms with Crippen molar-refractivity contribution in [3.63, 3.8) is 0 Å². The molecule has 11 nitrogen and oxygen atoms in total. The number of rotatable bonds is 8. The van der Waals surface area contributed by atoms with Gasteiger partial charge in [-0.15, -0.1) is 0 Å². The number of hydrogen-bond donors (Lipinski definition) is 4. The van der Waals surface area contributed by atoms with Gasteiger partial charge in [-0.2, -0.15) is 0 Å². The number of anilines is 1. The van der Waals surface area contributed by atoms with E-state index in [2.05, 4.69) is 70.7 Å². The monoisotopic (exact) mass is 548 g/mol. The second kappa shape index (κ2) is 10.4. The Balaban J connectivity index is 1.03. The van der Waals surface area contributed by atoms with Crippen LogP contribution in [0.1, 0.15) is 64.6 Å². The maximum absolute atomic E-state index is 10.9. The van der Waals surface area contributed by atoms with E-state index in [1.54, 1.807) is 4.57 Å². The van der Waals surface area contributed by atoms with E-state index in [0.717, 1.165) is 49.1 Å². The Labute approximate surface area is 233 Å². The highest BCUT2D eigenvalue weighted by Gasteiger charge is 2.46. The van der Waals surface area contributed by atoms with E-state index < -0.39 is 24.5 Å². The third-order valence-corrected chi connectivity index (χ3v) is 8.73. The highest BCUT2D eigenvalue weighted by atomic mass is 16.6. The van der Waals surface area contributed by atoms with Gasteiger partial charge in [-0.3, -0.25) is 9.47 Å². The maximum atomic E-state index is 10.9. The Hall–Kier alpha value is -3.12. The van der Waals surface area contributed by atoms with Crippen LogP contribution in [-0.4, -0.2) is 82.0 Å². The van der Waals surface area contributed by atoms with E-state index in [0.29, 0.717) is 29.7 Å². The lowest BCUT2D eigenvalue weighted by Crippen LogP contribution is -2.49. The van der Waals surface area contributed by atoms with Gasteiger partial charge in [-0.05, 0) is 54.8 Å². The van der Waals surface area contributed by atoms with Crippen LogP contribution in [0.3, 0.4) is 0 Å². The topological polar surface area (TPSA) is 151 Å². The van der Waals surface area contributed by atoms with Crippen LogP contribution in [0.5, 0.6) is 0 Å². The molecule has 4 heterocycles. The molecule has 1 saturated heterocycles. The van der Waals surface area contributed by atoms with Gasteiger partial charge in [0.15, 0.2) is 17.7 Å². The number of likely N-dealkylation sites (N-methyl/N-ethyl adjacent to an activating group) is 1. The van der Waals surface area contributed by atoms with Crippen molar-refractivity contribution in [1.29, 1.82) is 0 Å². The second-order valence-electron chi connectivity index (χ2n) is 12.4. The van der Waals surface area contributed by atoms with Gasteiger partial charge in [0.1, 0.15) is 36.0 Å². The molecule has 0 radical (unpaired) electrons. The SMILES string of the molecule is CCN(C[C@H]1O[C@@H](n2cnc3c(N)ncnc32)[C@H](O)[C@@H]1O)[C@H]1C[C@H](CCc2nc3cc(C(C)(C)C)ccc3[nH]2)C1. The molecule has 1 saturated carbocycles. The van der Waals surface area contributed by atoms with E-state index in [-0.39, 0.29) is 11.2 Å². The van der Waals surface area contributed by atoms with E-state index in [4.69, 9.17) is 15.5 Å². The minimum atomic E-state index is -1.10. The number of nitrogens with zero attached hydrogens (tertiary/aromatic N) is 6. The summed E-state index contributed by atoms with van der Waals surface area (Å²) in [7, 11) is 0. The van der Waals surface area contributed by atoms with Gasteiger partial charge >= 0.3 is 0 Å². The van der Waals surface area contributed by atoms with Crippen molar-refractivity contribution in [1.82, 2.24) is 34.4 Å². The van der Waals surface area contributed by atoms with Crippen molar-refractivity contribution in [3.8, 4) is 0 Å². The number of nitrogens with one attached hydrogen (secondary N) is 1. The molecular weight excluding hydrogens is 508 g/mol. The summed E-state index contributed by atoms with van der Waals surface area (Å²) in [5.41, 5.74) is 10.4. The normalized spacial score (nSPS) is 27.2. The predicted octanol–water partition coefficient (Wildman–Crippen LogP) is 2.93. The summed E-state index contributed by atoms with van der Waals surface area (Å²) in [5.74, 6) is 1.96. The molecule has 2 fully saturated rings. The number of hydrogen-bond acceptors (Lipinski definition) is 9. The molecule has 1 aliphatic carbocycles. The average molecular weight is 549 g/mol. The van der Waals surface area contributed by atoms with Gasteiger partial charge in [0.05, 0.1) is 17.4 Å². The van der Waals surface area contributed by atoms with Crippen LogP contribution in [0.15, 0.2) is 30.9 Å². The van der Waals surface area contributed by atoms with Crippen molar-refractivity contribution in [2.75, 3.05) is 18.8 Å². The van der Waals surface area contributed by atoms with Gasteiger partial charge in [-0.1, -0.05) is 33.8 Å². The lowest BCUT2D eigenvalue weighted by atomic mass is 9.76. The van der Waals surface area contributed by atoms with Crippen LogP contribution in [0, 0.1) is 5.92 Å². The number of aromatic amines is 1. The van der Waals surface area contributed by atoms with E-state index in [1.165, 1.54) is 18.2 Å². The molecule has 3 aromatic heterocycles. The first kappa shape index (κ1) is 27.1. The van der Waals surface area contributed by atoms with E-state index in [1.807, 2.05) is 0 Å². The molecule has 40 heavy (non-hydrogen) atoms. The van der Waals surface area contributed by atoms with Gasteiger partial charge in [0, 0.05) is 19.0 Å². The molecule has 0 unspecified atom stereocenters. The number of nitrogens with two attached hydrogens (primary N) is 1. The van der Waals surface area contributed by atoms with E-state index >= 15 is 0 Å². The smallest absolute Gasteiger partial charge is 0.167 e. The fourth-order valence-corrected chi connectivity index (χ4v) is 6.15. The molecule has 1 aromatic carbocycles. The molecule has 2 aliphatic rings. The number of benzene rings is 1. The van der Waals surface area contributed by atoms with Crippen molar-refractivity contribution in [2.45, 2.75) is 89.4 Å². The standard InChI is InChI=1S/C29H40N8O3/c1-5-36(13-21-24(38)25(39)28(40-21)37-15-33-23-26(30)31-14-32-27(23)37)18-10-16(11-18)6-9-22-34-19-8-7-17(29(2,3)4)12-20(19)35-22/h7-8,12,14-16,18,21,24-25,28,38-39H,5-6,9-11,13H2,1-4H3,(H,34,35)(H2,30,31,32)/t16-,18-,21-,24-,25-,28-/m1/s1. The van der Waals surface area contributed by atoms with Crippen molar-refractivity contribution < 1.29 is 14.9 Å². The molecule has 1 aliphatic heterocycles. The summed E-state index contributed by atoms with van der Waals surface area (Å²) in [6.07, 6.45) is 3.70. The zero-order valence-corrected chi connectivity index (χ0v) is 23.7. The zero-order valence-electron chi connectivity index (χ0n) is 23.7. The van der Waals surface area contributed by atoms with Crippen molar-refractivity contribution in [2.24, 2.45) is 5.92 Å². The molecule has 4 atom stereocenters. The van der Waals surface area contributed by atoms with Crippen LogP contribution in [0.2, 0.25) is 0 Å². The number of nitrogen functional groups attached to an aromatic ring is 1. The number of aliphatic hydroxyl groups excluding tert-OH is 2. The number of fused-ring (bicyclic) bond motifs is 2. The number of aryl methyl sites for hydroxylation is 1. The fraction of sp³-hybridized carbons (Fsp3) is 0.586. The minimum absolute atomic E-state index is 0.106. The first-order valence-corrected chi connectivity index (χ1v) is 14.3. The summed E-state index contributed by atoms with van der Waals surface area (Å²) in [6.45, 7) is 10.2. The molecule has 0 spiro atoms. The maximum Gasteiger partial charge on any atom is 0.167 e. The minimum Gasteiger partial charge on any atom is -0.387 e. The zero-order chi connectivity index (χ0) is 28.2. The molecule has 214 valence electrons. The van der Waals surface area contributed by atoms with E-state index in [9.17, 15) is 10.2 Å². The van der Waals surface area contributed by atoms with Crippen LogP contribution >= 0.6 is 0 Å². The molecule has 4 aromatic rings. The fourth-order valence-electron chi connectivity index (χ4n) is 6.15. The Kier molecular flexibility index (Phi) is 7.02. The lowest BCUT2D eigenvalue weighted by Gasteiger charge is -2.43. The predicted molar refractivity (Wildman–Crippen MR) is 153 cm³/mol. The highest BCUT2D eigenvalue weighted by Crippen LogP contribution is 2.37. The van der Waals surface area contributed by atoms with Gasteiger partial charge in [-0.25, -0.2) is 19.9 Å². The van der Waals surface area contributed by atoms with Crippen LogP contribution in [0.4, 0.5) is 5.82 Å². The molecule has 11 heteroatoms. The summed E-state index contributed by atoms with van der Waals surface area (Å²) in [6, 6.07) is 6.97. The number of imidazole rings is 2. The molecule has 5 N–H and O–H groups in total. The quantitative estimate of drug-likeness (QED) is 0.260. The van der Waals surface area contributed by atoms with Crippen LogP contribution < -0.4 is 5.73 Å². The van der Waals surface area contributed by atoms with Crippen LogP contribution in [-0.2, 0) is 16.6 Å². The average Bonchev–Trinajstić information content (AvgIpc) is 3.58. The van der Waals surface area contributed by atoms with Gasteiger partial charge < -0.3 is 25.7 Å². The summed E-state index contributed by atoms with van der Waals surface area (Å²) < 4.78 is 7.81. The number of ether oxygens (including phenoxy) is 1. The summed E-state index contributed by atoms with van der Waals surface area (Å²) >= 11 is 0. The summed E-state index contributed by atoms with van der Waals surface area (Å²) in [5, 5.41) is 21.7. The van der Waals surface area contributed by atoms with Crippen molar-refractivity contribution in [3.05, 3.63) is 42.2 Å². The van der Waals surface area contributed by atoms with Gasteiger partial charge in [0.2, 0.25) is 0 Å². The molecule has 6 rings (SSSR count). The van der Waals surface area contributed by atoms with Crippen LogP contribution in [0.25, 0.3) is 22.2 Å². The third kappa shape index (κ3) is 4.96.